The fourth-order valence-electron chi connectivity index (χ4n) is 3.05. The third kappa shape index (κ3) is 2.61. The minimum absolute atomic E-state index is 0.159. The van der Waals surface area contributed by atoms with Crippen molar-refractivity contribution in [2.75, 3.05) is 20.3 Å². The van der Waals surface area contributed by atoms with E-state index in [0.717, 1.165) is 24.5 Å². The monoisotopic (exact) mass is 283 g/mol. The van der Waals surface area contributed by atoms with Crippen LogP contribution in [0.4, 0.5) is 0 Å². The molecule has 21 heavy (non-hydrogen) atoms. The molecule has 1 aliphatic heterocycles. The second-order valence-corrected chi connectivity index (χ2v) is 5.14. The number of hydrogen-bond acceptors (Lipinski definition) is 3. The SMILES string of the molecule is CCOc1ccccc1C1NCCc2c(OC)cccc21. The van der Waals surface area contributed by atoms with Gasteiger partial charge in [-0.25, -0.2) is 0 Å². The Bertz CT molecular complexity index is 624. The van der Waals surface area contributed by atoms with Gasteiger partial charge in [-0.2, -0.15) is 0 Å². The molecule has 0 radical (unpaired) electrons. The normalized spacial score (nSPS) is 17.1. The molecule has 0 saturated heterocycles. The minimum atomic E-state index is 0.159. The van der Waals surface area contributed by atoms with E-state index in [1.807, 2.05) is 25.1 Å². The van der Waals surface area contributed by atoms with Crippen LogP contribution in [0.3, 0.4) is 0 Å². The van der Waals surface area contributed by atoms with Crippen molar-refractivity contribution >= 4 is 0 Å². The maximum atomic E-state index is 5.79. The van der Waals surface area contributed by atoms with E-state index >= 15 is 0 Å². The maximum Gasteiger partial charge on any atom is 0.124 e. The Labute approximate surface area is 125 Å². The maximum absolute atomic E-state index is 5.79. The average molecular weight is 283 g/mol. The quantitative estimate of drug-likeness (QED) is 0.933. The lowest BCUT2D eigenvalue weighted by Crippen LogP contribution is -2.31. The Kier molecular flexibility index (Phi) is 4.11. The summed E-state index contributed by atoms with van der Waals surface area (Å²) in [6, 6.07) is 14.7. The molecule has 1 atom stereocenters. The van der Waals surface area contributed by atoms with Crippen molar-refractivity contribution in [1.29, 1.82) is 0 Å². The molecule has 2 aromatic rings. The molecule has 2 aromatic carbocycles. The summed E-state index contributed by atoms with van der Waals surface area (Å²) >= 11 is 0. The van der Waals surface area contributed by atoms with Crippen molar-refractivity contribution in [2.45, 2.75) is 19.4 Å². The van der Waals surface area contributed by atoms with Crippen LogP contribution >= 0.6 is 0 Å². The van der Waals surface area contributed by atoms with Crippen LogP contribution in [0.2, 0.25) is 0 Å². The van der Waals surface area contributed by atoms with Crippen LogP contribution in [0, 0.1) is 0 Å². The number of rotatable bonds is 4. The summed E-state index contributed by atoms with van der Waals surface area (Å²) in [6.45, 7) is 3.63. The van der Waals surface area contributed by atoms with Crippen molar-refractivity contribution in [3.63, 3.8) is 0 Å². The summed E-state index contributed by atoms with van der Waals surface area (Å²) in [7, 11) is 1.74. The van der Waals surface area contributed by atoms with E-state index in [1.165, 1.54) is 16.7 Å². The van der Waals surface area contributed by atoms with Gasteiger partial charge in [0.2, 0.25) is 0 Å². The van der Waals surface area contributed by atoms with Crippen LogP contribution in [-0.4, -0.2) is 20.3 Å². The van der Waals surface area contributed by atoms with Crippen LogP contribution in [0.25, 0.3) is 0 Å². The lowest BCUT2D eigenvalue weighted by molar-refractivity contribution is 0.332. The molecule has 3 rings (SSSR count). The summed E-state index contributed by atoms with van der Waals surface area (Å²) in [5.74, 6) is 1.93. The minimum Gasteiger partial charge on any atom is -0.496 e. The van der Waals surface area contributed by atoms with Crippen molar-refractivity contribution in [3.05, 3.63) is 59.2 Å². The van der Waals surface area contributed by atoms with Gasteiger partial charge in [0.05, 0.1) is 19.8 Å². The van der Waals surface area contributed by atoms with Gasteiger partial charge in [-0.1, -0.05) is 30.3 Å². The Balaban J connectivity index is 2.07. The second kappa shape index (κ2) is 6.19. The summed E-state index contributed by atoms with van der Waals surface area (Å²) in [5.41, 5.74) is 3.77. The first-order valence-corrected chi connectivity index (χ1v) is 7.46. The Hall–Kier alpha value is -2.00. The summed E-state index contributed by atoms with van der Waals surface area (Å²) in [6.07, 6.45) is 0.993. The van der Waals surface area contributed by atoms with Gasteiger partial charge in [0, 0.05) is 17.7 Å². The molecule has 0 aromatic heterocycles. The summed E-state index contributed by atoms with van der Waals surface area (Å²) < 4.78 is 11.3. The largest absolute Gasteiger partial charge is 0.496 e. The zero-order valence-electron chi connectivity index (χ0n) is 12.6. The molecule has 0 amide bonds. The van der Waals surface area contributed by atoms with Crippen LogP contribution < -0.4 is 14.8 Å². The number of nitrogens with one attached hydrogen (secondary N) is 1. The molecule has 3 heteroatoms. The van der Waals surface area contributed by atoms with Gasteiger partial charge in [-0.05, 0) is 31.0 Å². The van der Waals surface area contributed by atoms with Gasteiger partial charge in [0.15, 0.2) is 0 Å². The number of methoxy groups -OCH3 is 1. The molecule has 0 saturated carbocycles. The van der Waals surface area contributed by atoms with Gasteiger partial charge in [-0.3, -0.25) is 0 Å². The lowest BCUT2D eigenvalue weighted by atomic mass is 9.89. The van der Waals surface area contributed by atoms with Crippen LogP contribution in [0.5, 0.6) is 11.5 Å². The number of benzene rings is 2. The topological polar surface area (TPSA) is 30.5 Å². The smallest absolute Gasteiger partial charge is 0.124 e. The van der Waals surface area contributed by atoms with Crippen LogP contribution in [-0.2, 0) is 6.42 Å². The highest BCUT2D eigenvalue weighted by molar-refractivity contribution is 5.50. The fraction of sp³-hybridized carbons (Fsp3) is 0.333. The average Bonchev–Trinajstić information content (AvgIpc) is 2.54. The highest BCUT2D eigenvalue weighted by Crippen LogP contribution is 2.37. The predicted molar refractivity (Wildman–Crippen MR) is 84.2 cm³/mol. The van der Waals surface area contributed by atoms with Crippen molar-refractivity contribution in [1.82, 2.24) is 5.32 Å². The molecule has 3 nitrogen and oxygen atoms in total. The number of ether oxygens (including phenoxy) is 2. The van der Waals surface area contributed by atoms with Crippen LogP contribution in [0.1, 0.15) is 29.7 Å². The number of fused-ring (bicyclic) bond motifs is 1. The second-order valence-electron chi connectivity index (χ2n) is 5.14. The highest BCUT2D eigenvalue weighted by atomic mass is 16.5. The highest BCUT2D eigenvalue weighted by Gasteiger charge is 2.25. The lowest BCUT2D eigenvalue weighted by Gasteiger charge is -2.29. The van der Waals surface area contributed by atoms with Crippen molar-refractivity contribution in [2.24, 2.45) is 0 Å². The molecular weight excluding hydrogens is 262 g/mol. The van der Waals surface area contributed by atoms with Gasteiger partial charge in [-0.15, -0.1) is 0 Å². The molecule has 0 bridgehead atoms. The van der Waals surface area contributed by atoms with E-state index in [1.54, 1.807) is 7.11 Å². The van der Waals surface area contributed by atoms with Crippen molar-refractivity contribution in [3.8, 4) is 11.5 Å². The van der Waals surface area contributed by atoms with Gasteiger partial charge >= 0.3 is 0 Å². The first-order chi connectivity index (χ1) is 10.3. The van der Waals surface area contributed by atoms with Crippen LogP contribution in [0.15, 0.2) is 42.5 Å². The molecular formula is C18H21NO2. The number of hydrogen-bond donors (Lipinski definition) is 1. The first kappa shape index (κ1) is 14.0. The zero-order chi connectivity index (χ0) is 14.7. The predicted octanol–water partition coefficient (Wildman–Crippen LogP) is 3.33. The molecule has 1 heterocycles. The Morgan fingerprint density at radius 3 is 2.62 bits per heavy atom. The van der Waals surface area contributed by atoms with Crippen molar-refractivity contribution < 1.29 is 9.47 Å². The Morgan fingerprint density at radius 2 is 1.81 bits per heavy atom. The molecule has 1 N–H and O–H groups in total. The standard InChI is InChI=1S/C18H21NO2/c1-3-21-17-9-5-4-7-15(17)18-14-8-6-10-16(20-2)13(14)11-12-19-18/h4-10,18-19H,3,11-12H2,1-2H3. The Morgan fingerprint density at radius 1 is 1.05 bits per heavy atom. The molecule has 0 fully saturated rings. The van der Waals surface area contributed by atoms with E-state index in [2.05, 4.69) is 29.6 Å². The third-order valence-electron chi connectivity index (χ3n) is 3.95. The molecule has 0 aliphatic carbocycles. The van der Waals surface area contributed by atoms with Gasteiger partial charge in [0.1, 0.15) is 11.5 Å². The van der Waals surface area contributed by atoms with E-state index in [9.17, 15) is 0 Å². The van der Waals surface area contributed by atoms with Gasteiger partial charge in [0.25, 0.3) is 0 Å². The zero-order valence-corrected chi connectivity index (χ0v) is 12.6. The fourth-order valence-corrected chi connectivity index (χ4v) is 3.05. The molecule has 0 spiro atoms. The van der Waals surface area contributed by atoms with E-state index in [0.29, 0.717) is 6.61 Å². The number of para-hydroxylation sites is 1. The summed E-state index contributed by atoms with van der Waals surface area (Å²) in [5, 5.41) is 3.61. The third-order valence-corrected chi connectivity index (χ3v) is 3.95. The molecule has 1 aliphatic rings. The van der Waals surface area contributed by atoms with E-state index in [-0.39, 0.29) is 6.04 Å². The van der Waals surface area contributed by atoms with E-state index in [4.69, 9.17) is 9.47 Å². The van der Waals surface area contributed by atoms with E-state index < -0.39 is 0 Å². The summed E-state index contributed by atoms with van der Waals surface area (Å²) in [4.78, 5) is 0. The molecule has 1 unspecified atom stereocenters. The first-order valence-electron chi connectivity index (χ1n) is 7.46. The van der Waals surface area contributed by atoms with Gasteiger partial charge < -0.3 is 14.8 Å². The molecule has 110 valence electrons.